The van der Waals surface area contributed by atoms with Crippen LogP contribution in [-0.4, -0.2) is 4.57 Å². The third-order valence-electron chi connectivity index (χ3n) is 14.1. The predicted octanol–water partition coefficient (Wildman–Crippen LogP) is 17.0. The van der Waals surface area contributed by atoms with Crippen molar-refractivity contribution in [1.82, 2.24) is 4.57 Å². The molecule has 2 aliphatic carbocycles. The molecule has 0 aliphatic heterocycles. The molecule has 0 amide bonds. The molecule has 13 rings (SSSR count). The van der Waals surface area contributed by atoms with E-state index in [2.05, 4.69) is 236 Å². The summed E-state index contributed by atoms with van der Waals surface area (Å²) in [6.45, 7) is 2.45. The normalized spacial score (nSPS) is 16.9. The summed E-state index contributed by atoms with van der Waals surface area (Å²) in [5.41, 5.74) is 19.4. The summed E-state index contributed by atoms with van der Waals surface area (Å²) in [4.78, 5) is 0. The van der Waals surface area contributed by atoms with E-state index in [4.69, 9.17) is 0 Å². The van der Waals surface area contributed by atoms with Crippen molar-refractivity contribution in [2.24, 2.45) is 5.92 Å². The summed E-state index contributed by atoms with van der Waals surface area (Å²) < 4.78 is 5.33. The van der Waals surface area contributed by atoms with E-state index in [1.165, 1.54) is 114 Å². The average molecular weight is 834 g/mol. The van der Waals surface area contributed by atoms with Crippen molar-refractivity contribution in [3.8, 4) is 33.4 Å². The van der Waals surface area contributed by atoms with Gasteiger partial charge in [0.1, 0.15) is 0 Å². The fourth-order valence-electron chi connectivity index (χ4n) is 11.1. The first-order valence-corrected chi connectivity index (χ1v) is 23.3. The number of hydrogen-bond donors (Lipinski definition) is 0. The van der Waals surface area contributed by atoms with E-state index in [0.29, 0.717) is 0 Å². The number of aromatic nitrogens is 1. The van der Waals surface area contributed by atoms with Crippen LogP contribution in [0.4, 0.5) is 0 Å². The summed E-state index contributed by atoms with van der Waals surface area (Å²) in [7, 11) is 0. The number of hydrogen-bond acceptors (Lipinski definition) is 1. The van der Waals surface area contributed by atoms with Crippen molar-refractivity contribution in [2.75, 3.05) is 0 Å². The van der Waals surface area contributed by atoms with E-state index in [1.54, 1.807) is 0 Å². The maximum atomic E-state index is 2.67. The Morgan fingerprint density at radius 3 is 1.88 bits per heavy atom. The minimum atomic E-state index is 0.0590. The molecule has 2 heteroatoms. The van der Waals surface area contributed by atoms with E-state index in [9.17, 15) is 0 Å². The summed E-state index contributed by atoms with van der Waals surface area (Å²) in [6.07, 6.45) is 5.08. The Balaban J connectivity index is 1.07. The number of para-hydroxylation sites is 1. The number of allylic oxidation sites excluding steroid dienone is 4. The van der Waals surface area contributed by atoms with Crippen molar-refractivity contribution in [1.29, 1.82) is 0 Å². The monoisotopic (exact) mass is 833 g/mol. The van der Waals surface area contributed by atoms with Crippen molar-refractivity contribution in [3.05, 3.63) is 252 Å². The summed E-state index contributed by atoms with van der Waals surface area (Å²) >= 11 is 1.88. The first-order chi connectivity index (χ1) is 31.7. The van der Waals surface area contributed by atoms with E-state index in [1.807, 2.05) is 11.3 Å². The smallest absolute Gasteiger partial charge is 0.0585 e. The minimum absolute atomic E-state index is 0.0590. The Labute approximate surface area is 377 Å². The van der Waals surface area contributed by atoms with Gasteiger partial charge in [-0.1, -0.05) is 201 Å². The number of benzene rings is 9. The van der Waals surface area contributed by atoms with Gasteiger partial charge >= 0.3 is 0 Å². The molecular formula is C62H43NS. The second kappa shape index (κ2) is 14.8. The molecule has 0 saturated carbocycles. The molecule has 0 bridgehead atoms. The topological polar surface area (TPSA) is 4.93 Å². The molecule has 0 saturated heterocycles. The Morgan fingerprint density at radius 2 is 1.08 bits per heavy atom. The van der Waals surface area contributed by atoms with E-state index in [0.717, 1.165) is 0 Å². The lowest BCUT2D eigenvalue weighted by Gasteiger charge is -2.32. The van der Waals surface area contributed by atoms with Gasteiger partial charge in [0.2, 0.25) is 0 Å². The zero-order valence-electron chi connectivity index (χ0n) is 35.4. The highest BCUT2D eigenvalue weighted by atomic mass is 32.1. The van der Waals surface area contributed by atoms with Crippen molar-refractivity contribution >= 4 is 64.6 Å². The van der Waals surface area contributed by atoms with Crippen LogP contribution in [0.1, 0.15) is 46.6 Å². The molecule has 1 nitrogen and oxygen atoms in total. The molecule has 0 fully saturated rings. The van der Waals surface area contributed by atoms with Crippen molar-refractivity contribution < 1.29 is 0 Å². The van der Waals surface area contributed by atoms with Crippen molar-refractivity contribution in [3.63, 3.8) is 0 Å². The maximum absolute atomic E-state index is 2.67. The molecule has 2 aliphatic rings. The highest BCUT2D eigenvalue weighted by Gasteiger charge is 2.36. The molecule has 11 aromatic rings. The van der Waals surface area contributed by atoms with E-state index >= 15 is 0 Å². The van der Waals surface area contributed by atoms with Gasteiger partial charge in [-0.3, -0.25) is 0 Å². The number of nitrogens with zero attached hydrogens (tertiary/aromatic N) is 1. The molecule has 2 aromatic heterocycles. The van der Waals surface area contributed by atoms with Gasteiger partial charge < -0.3 is 4.57 Å². The molecule has 302 valence electrons. The molecule has 0 N–H and O–H groups in total. The van der Waals surface area contributed by atoms with Crippen molar-refractivity contribution in [2.45, 2.75) is 18.8 Å². The molecule has 0 spiro atoms. The summed E-state index contributed by atoms with van der Waals surface area (Å²) in [5.74, 6) is 0.333. The molecule has 2 heterocycles. The van der Waals surface area contributed by atoms with Gasteiger partial charge in [0, 0.05) is 54.4 Å². The van der Waals surface area contributed by atoms with Gasteiger partial charge in [-0.05, 0) is 97.1 Å². The van der Waals surface area contributed by atoms with Crippen LogP contribution < -0.4 is 0 Å². The highest BCUT2D eigenvalue weighted by Crippen LogP contribution is 2.54. The molecule has 9 aromatic carbocycles. The van der Waals surface area contributed by atoms with Crippen LogP contribution in [0.2, 0.25) is 0 Å². The summed E-state index contributed by atoms with van der Waals surface area (Å²) in [5, 5.41) is 5.23. The minimum Gasteiger partial charge on any atom is -0.312 e. The van der Waals surface area contributed by atoms with Gasteiger partial charge in [-0.2, -0.15) is 0 Å². The van der Waals surface area contributed by atoms with Gasteiger partial charge in [0.25, 0.3) is 0 Å². The highest BCUT2D eigenvalue weighted by molar-refractivity contribution is 7.25. The molecule has 64 heavy (non-hydrogen) atoms. The fraction of sp³-hybridized carbons (Fsp3) is 0.0645. The Bertz CT molecular complexity index is 3690. The van der Waals surface area contributed by atoms with Crippen LogP contribution >= 0.6 is 11.3 Å². The lowest BCUT2D eigenvalue weighted by Crippen LogP contribution is -2.18. The maximum Gasteiger partial charge on any atom is 0.0585 e. The largest absolute Gasteiger partial charge is 0.312 e. The Hall–Kier alpha value is -7.52. The van der Waals surface area contributed by atoms with Gasteiger partial charge in [-0.25, -0.2) is 0 Å². The third-order valence-corrected chi connectivity index (χ3v) is 15.2. The molecule has 3 unspecified atom stereocenters. The SMILES string of the molecule is CC1C(n2c3ccccc3c3ccc4c(c32)C(c2cccc(-c3ccccc3)c2)c2ccccc2-4)=CC(c2ccc3sc4ccccc4c3c2)=CC1c1cccc(-c2ccccc2)c1. The van der Waals surface area contributed by atoms with Crippen LogP contribution in [0, 0.1) is 5.92 Å². The van der Waals surface area contributed by atoms with Gasteiger partial charge in [0.15, 0.2) is 0 Å². The predicted molar refractivity (Wildman–Crippen MR) is 273 cm³/mol. The first kappa shape index (κ1) is 37.1. The lowest BCUT2D eigenvalue weighted by molar-refractivity contribution is 0.633. The number of thiophene rings is 1. The van der Waals surface area contributed by atoms with Crippen LogP contribution in [0.3, 0.4) is 0 Å². The molecule has 3 atom stereocenters. The van der Waals surface area contributed by atoms with E-state index < -0.39 is 0 Å². The second-order valence-corrected chi connectivity index (χ2v) is 18.7. The van der Waals surface area contributed by atoms with Crippen LogP contribution in [-0.2, 0) is 0 Å². The Kier molecular flexibility index (Phi) is 8.57. The molecular weight excluding hydrogens is 791 g/mol. The number of fused-ring (bicyclic) bond motifs is 10. The second-order valence-electron chi connectivity index (χ2n) is 17.6. The van der Waals surface area contributed by atoms with E-state index in [-0.39, 0.29) is 17.8 Å². The standard InChI is InChI=1S/C62H43NS/c1-39-54(45-22-14-20-42(34-45)40-16-4-2-5-17-40)37-47(44-30-33-59-55(36-44)50-26-11-13-29-58(50)64-59)38-57(39)63-56-28-12-10-25-49(56)53-32-31-52-48-24-8-9-27-51(48)60(61(52)62(53)63)46-23-15-21-43(35-46)41-18-6-3-7-19-41/h2-39,54,60H,1H3. The zero-order valence-corrected chi connectivity index (χ0v) is 36.3. The number of rotatable bonds is 6. The average Bonchev–Trinajstić information content (AvgIpc) is 4.02. The molecule has 0 radical (unpaired) electrons. The quantitative estimate of drug-likeness (QED) is 0.157. The Morgan fingerprint density at radius 1 is 0.438 bits per heavy atom. The first-order valence-electron chi connectivity index (χ1n) is 22.5. The van der Waals surface area contributed by atoms with Gasteiger partial charge in [0.05, 0.1) is 11.0 Å². The van der Waals surface area contributed by atoms with Crippen LogP contribution in [0.5, 0.6) is 0 Å². The lowest BCUT2D eigenvalue weighted by atomic mass is 9.77. The van der Waals surface area contributed by atoms with Crippen LogP contribution in [0.15, 0.2) is 224 Å². The van der Waals surface area contributed by atoms with Gasteiger partial charge in [-0.15, -0.1) is 11.3 Å². The zero-order chi connectivity index (χ0) is 42.3. The fourth-order valence-corrected chi connectivity index (χ4v) is 12.1. The summed E-state index contributed by atoms with van der Waals surface area (Å²) in [6, 6.07) is 79.2. The third kappa shape index (κ3) is 5.83. The van der Waals surface area contributed by atoms with Crippen LogP contribution in [0.25, 0.3) is 86.6 Å².